The lowest BCUT2D eigenvalue weighted by atomic mass is 10.4. The van der Waals surface area contributed by atoms with Crippen LogP contribution in [0.5, 0.6) is 0 Å². The van der Waals surface area contributed by atoms with E-state index >= 15 is 0 Å². The maximum absolute atomic E-state index is 12.1. The molecule has 1 N–H and O–H groups in total. The number of anilines is 1. The third kappa shape index (κ3) is 4.32. The molecule has 1 amide bonds. The molecule has 0 atom stereocenters. The minimum atomic E-state index is -0.422. The lowest BCUT2D eigenvalue weighted by molar-refractivity contribution is -0.113. The predicted molar refractivity (Wildman–Crippen MR) is 92.6 cm³/mol. The number of hydrogen-bond donors (Lipinski definition) is 1. The minimum absolute atomic E-state index is 0.186. The van der Waals surface area contributed by atoms with Crippen LogP contribution in [0.2, 0.25) is 0 Å². The molecule has 0 radical (unpaired) electrons. The number of aromatic nitrogens is 4. The van der Waals surface area contributed by atoms with Crippen molar-refractivity contribution in [2.75, 3.05) is 17.7 Å². The number of ether oxygens (including phenoxy) is 1. The van der Waals surface area contributed by atoms with Gasteiger partial charge in [-0.1, -0.05) is 23.1 Å². The first-order valence-electron chi connectivity index (χ1n) is 7.43. The lowest BCUT2D eigenvalue weighted by Gasteiger charge is -2.04. The van der Waals surface area contributed by atoms with Gasteiger partial charge in [0.1, 0.15) is 10.7 Å². The quantitative estimate of drug-likeness (QED) is 0.590. The van der Waals surface area contributed by atoms with Gasteiger partial charge in [-0.05, 0) is 27.7 Å². The Bertz CT molecular complexity index is 741. The first-order valence-corrected chi connectivity index (χ1v) is 9.23. The molecule has 0 bridgehead atoms. The Kier molecular flexibility index (Phi) is 6.32. The summed E-state index contributed by atoms with van der Waals surface area (Å²) in [5.74, 6) is 0.363. The van der Waals surface area contributed by atoms with Crippen LogP contribution >= 0.6 is 23.1 Å². The maximum Gasteiger partial charge on any atom is 0.350 e. The third-order valence-corrected chi connectivity index (χ3v) is 5.07. The van der Waals surface area contributed by atoms with Gasteiger partial charge in [-0.3, -0.25) is 4.79 Å². The maximum atomic E-state index is 12.1. The number of carbonyl (C=O) groups is 2. The number of hydrogen-bond acceptors (Lipinski definition) is 8. The van der Waals surface area contributed by atoms with E-state index in [-0.39, 0.29) is 11.7 Å². The van der Waals surface area contributed by atoms with Crippen LogP contribution in [0, 0.1) is 13.8 Å². The van der Waals surface area contributed by atoms with E-state index in [1.54, 1.807) is 13.8 Å². The Morgan fingerprint density at radius 2 is 2.04 bits per heavy atom. The SMILES string of the molecule is CCOC(=O)c1sc(NC(=O)CSc2nnc(C)n2CC)nc1C. The van der Waals surface area contributed by atoms with Crippen molar-refractivity contribution in [3.63, 3.8) is 0 Å². The Morgan fingerprint density at radius 3 is 2.71 bits per heavy atom. The van der Waals surface area contributed by atoms with Gasteiger partial charge in [-0.25, -0.2) is 9.78 Å². The second-order valence-corrected chi connectivity index (χ2v) is 6.71. The average Bonchev–Trinajstić information content (AvgIpc) is 3.07. The van der Waals surface area contributed by atoms with Gasteiger partial charge in [0.25, 0.3) is 0 Å². The van der Waals surface area contributed by atoms with Gasteiger partial charge in [0.15, 0.2) is 10.3 Å². The first kappa shape index (κ1) is 18.4. The van der Waals surface area contributed by atoms with Crippen LogP contribution in [0.1, 0.15) is 35.0 Å². The van der Waals surface area contributed by atoms with Crippen molar-refractivity contribution in [1.29, 1.82) is 0 Å². The molecule has 2 aromatic rings. The van der Waals surface area contributed by atoms with E-state index in [1.807, 2.05) is 18.4 Å². The van der Waals surface area contributed by atoms with Crippen LogP contribution in [0.4, 0.5) is 5.13 Å². The van der Waals surface area contributed by atoms with Gasteiger partial charge in [0.05, 0.1) is 18.1 Å². The number of rotatable bonds is 7. The van der Waals surface area contributed by atoms with Crippen LogP contribution in [-0.4, -0.2) is 44.0 Å². The number of aryl methyl sites for hydroxylation is 2. The molecule has 0 saturated heterocycles. The average molecular weight is 369 g/mol. The standard InChI is InChI=1S/C14H19N5O3S2/c1-5-19-9(4)17-18-14(19)23-7-10(20)16-13-15-8(3)11(24-13)12(21)22-6-2/h5-7H2,1-4H3,(H,15,16,20). The lowest BCUT2D eigenvalue weighted by Crippen LogP contribution is -2.14. The molecule has 0 aliphatic carbocycles. The van der Waals surface area contributed by atoms with Crippen molar-refractivity contribution < 1.29 is 14.3 Å². The van der Waals surface area contributed by atoms with Crippen molar-refractivity contribution in [3.8, 4) is 0 Å². The largest absolute Gasteiger partial charge is 0.462 e. The van der Waals surface area contributed by atoms with Crippen molar-refractivity contribution in [1.82, 2.24) is 19.7 Å². The summed E-state index contributed by atoms with van der Waals surface area (Å²) in [6.45, 7) is 8.36. The number of amides is 1. The van der Waals surface area contributed by atoms with Crippen LogP contribution in [0.25, 0.3) is 0 Å². The highest BCUT2D eigenvalue weighted by Gasteiger charge is 2.18. The van der Waals surface area contributed by atoms with E-state index < -0.39 is 5.97 Å². The smallest absolute Gasteiger partial charge is 0.350 e. The van der Waals surface area contributed by atoms with E-state index in [0.717, 1.165) is 23.7 Å². The zero-order valence-corrected chi connectivity index (χ0v) is 15.6. The van der Waals surface area contributed by atoms with Crippen LogP contribution < -0.4 is 5.32 Å². The van der Waals surface area contributed by atoms with Gasteiger partial charge < -0.3 is 14.6 Å². The number of esters is 1. The molecule has 8 nitrogen and oxygen atoms in total. The number of nitrogens with one attached hydrogen (secondary N) is 1. The van der Waals surface area contributed by atoms with Gasteiger partial charge >= 0.3 is 5.97 Å². The summed E-state index contributed by atoms with van der Waals surface area (Å²) >= 11 is 2.42. The number of thiazole rings is 1. The molecule has 10 heteroatoms. The fourth-order valence-electron chi connectivity index (χ4n) is 1.95. The summed E-state index contributed by atoms with van der Waals surface area (Å²) in [5.41, 5.74) is 0.544. The summed E-state index contributed by atoms with van der Waals surface area (Å²) in [7, 11) is 0. The van der Waals surface area contributed by atoms with Gasteiger partial charge in [0.2, 0.25) is 5.91 Å². The molecule has 0 aliphatic rings. The molecule has 2 aromatic heterocycles. The second kappa shape index (κ2) is 8.25. The number of nitrogens with zero attached hydrogens (tertiary/aromatic N) is 4. The fraction of sp³-hybridized carbons (Fsp3) is 0.500. The third-order valence-electron chi connectivity index (χ3n) is 3.05. The zero-order valence-electron chi connectivity index (χ0n) is 14.0. The molecule has 0 fully saturated rings. The van der Waals surface area contributed by atoms with E-state index in [1.165, 1.54) is 11.8 Å². The van der Waals surface area contributed by atoms with Crippen molar-refractivity contribution >= 4 is 40.1 Å². The molecular weight excluding hydrogens is 350 g/mol. The topological polar surface area (TPSA) is 99.0 Å². The molecule has 2 heterocycles. The molecule has 0 saturated carbocycles. The van der Waals surface area contributed by atoms with Crippen molar-refractivity contribution in [2.24, 2.45) is 0 Å². The summed E-state index contributed by atoms with van der Waals surface area (Å²) in [6.07, 6.45) is 0. The summed E-state index contributed by atoms with van der Waals surface area (Å²) < 4.78 is 6.89. The highest BCUT2D eigenvalue weighted by atomic mass is 32.2. The van der Waals surface area contributed by atoms with Crippen LogP contribution in [0.15, 0.2) is 5.16 Å². The molecule has 0 aliphatic heterocycles. The molecule has 0 unspecified atom stereocenters. The van der Waals surface area contributed by atoms with Gasteiger partial charge in [0, 0.05) is 6.54 Å². The van der Waals surface area contributed by atoms with Crippen molar-refractivity contribution in [2.45, 2.75) is 39.4 Å². The molecule has 130 valence electrons. The Morgan fingerprint density at radius 1 is 1.29 bits per heavy atom. The van der Waals surface area contributed by atoms with Crippen molar-refractivity contribution in [3.05, 3.63) is 16.4 Å². The Balaban J connectivity index is 1.95. The fourth-order valence-corrected chi connectivity index (χ4v) is 3.68. The summed E-state index contributed by atoms with van der Waals surface area (Å²) in [4.78, 5) is 28.4. The van der Waals surface area contributed by atoms with Crippen LogP contribution in [-0.2, 0) is 16.1 Å². The normalized spacial score (nSPS) is 10.7. The van der Waals surface area contributed by atoms with E-state index in [2.05, 4.69) is 20.5 Å². The Labute approximate surface area is 148 Å². The van der Waals surface area contributed by atoms with E-state index in [0.29, 0.717) is 27.5 Å². The Hall–Kier alpha value is -1.94. The molecule has 0 spiro atoms. The van der Waals surface area contributed by atoms with E-state index in [9.17, 15) is 9.59 Å². The molecule has 2 rings (SSSR count). The zero-order chi connectivity index (χ0) is 17.7. The number of thioether (sulfide) groups is 1. The highest BCUT2D eigenvalue weighted by Crippen LogP contribution is 2.24. The van der Waals surface area contributed by atoms with Gasteiger partial charge in [-0.2, -0.15) is 0 Å². The predicted octanol–water partition coefficient (Wildman–Crippen LogP) is 2.28. The monoisotopic (exact) mass is 369 g/mol. The number of carbonyl (C=O) groups excluding carboxylic acids is 2. The molecular formula is C14H19N5O3S2. The first-order chi connectivity index (χ1) is 11.5. The van der Waals surface area contributed by atoms with Crippen LogP contribution in [0.3, 0.4) is 0 Å². The molecule has 24 heavy (non-hydrogen) atoms. The summed E-state index contributed by atoms with van der Waals surface area (Å²) in [6, 6.07) is 0. The van der Waals surface area contributed by atoms with Gasteiger partial charge in [-0.15, -0.1) is 10.2 Å². The van der Waals surface area contributed by atoms with E-state index in [4.69, 9.17) is 4.74 Å². The molecule has 0 aromatic carbocycles. The second-order valence-electron chi connectivity index (χ2n) is 4.76. The minimum Gasteiger partial charge on any atom is -0.462 e. The highest BCUT2D eigenvalue weighted by molar-refractivity contribution is 7.99. The summed E-state index contributed by atoms with van der Waals surface area (Å²) in [5, 5.41) is 11.8.